The first kappa shape index (κ1) is 70.4. The highest BCUT2D eigenvalue weighted by Crippen LogP contribution is 2.44. The molecule has 10 heteroatoms. The number of aryl methyl sites for hydroxylation is 4. The molecular formula is C73H112O10. The van der Waals surface area contributed by atoms with Crippen LogP contribution in [0, 0.1) is 5.41 Å². The zero-order valence-electron chi connectivity index (χ0n) is 56.3. The van der Waals surface area contributed by atoms with Crippen LogP contribution >= 0.6 is 0 Å². The molecule has 0 saturated heterocycles. The van der Waals surface area contributed by atoms with Crippen molar-refractivity contribution < 1.29 is 49.0 Å². The van der Waals surface area contributed by atoms with Crippen LogP contribution in [-0.4, -0.2) is 72.0 Å². The number of hydrogen-bond donors (Lipinski definition) is 4. The van der Waals surface area contributed by atoms with Crippen LogP contribution < -0.4 is 0 Å². The molecule has 0 aliphatic rings. The number of esters is 2. The fourth-order valence-electron chi connectivity index (χ4n) is 10.6. The number of phenols is 4. The Hall–Kier alpha value is -5.06. The van der Waals surface area contributed by atoms with Crippen LogP contribution in [-0.2, 0) is 97.5 Å². The first-order valence-electron chi connectivity index (χ1n) is 30.6. The normalized spacial score (nSPS) is 13.4. The third kappa shape index (κ3) is 20.0. The molecule has 0 aliphatic carbocycles. The summed E-state index contributed by atoms with van der Waals surface area (Å²) in [5.41, 5.74) is 7.41. The van der Waals surface area contributed by atoms with Crippen LogP contribution in [0.25, 0.3) is 0 Å². The molecule has 0 atom stereocenters. The topological polar surface area (TPSA) is 152 Å². The second-order valence-electron chi connectivity index (χ2n) is 32.3. The third-order valence-electron chi connectivity index (χ3n) is 15.8. The first-order chi connectivity index (χ1) is 37.7. The van der Waals surface area contributed by atoms with Crippen molar-refractivity contribution in [2.75, 3.05) is 39.6 Å². The van der Waals surface area contributed by atoms with E-state index in [9.17, 15) is 30.0 Å². The van der Waals surface area contributed by atoms with Gasteiger partial charge in [-0.15, -0.1) is 0 Å². The smallest absolute Gasteiger partial charge is 0.306 e. The van der Waals surface area contributed by atoms with Crippen molar-refractivity contribution in [2.24, 2.45) is 5.41 Å². The Bertz CT molecular complexity index is 2510. The first-order valence-corrected chi connectivity index (χ1v) is 30.6. The zero-order valence-corrected chi connectivity index (χ0v) is 56.3. The van der Waals surface area contributed by atoms with Crippen molar-refractivity contribution in [3.8, 4) is 23.0 Å². The molecule has 4 rings (SSSR count). The van der Waals surface area contributed by atoms with Crippen molar-refractivity contribution in [1.29, 1.82) is 0 Å². The largest absolute Gasteiger partial charge is 0.507 e. The van der Waals surface area contributed by atoms with E-state index in [1.165, 1.54) is 0 Å². The lowest BCUT2D eigenvalue weighted by Crippen LogP contribution is -2.43. The van der Waals surface area contributed by atoms with E-state index in [2.05, 4.69) is 190 Å². The number of ether oxygens (including phenoxy) is 4. The summed E-state index contributed by atoms with van der Waals surface area (Å²) in [5, 5.41) is 45.8. The predicted octanol–water partition coefficient (Wildman–Crippen LogP) is 16.8. The van der Waals surface area contributed by atoms with E-state index in [0.29, 0.717) is 63.2 Å². The van der Waals surface area contributed by atoms with Crippen LogP contribution in [0.4, 0.5) is 0 Å². The summed E-state index contributed by atoms with van der Waals surface area (Å²) in [5.74, 6) is 0.393. The van der Waals surface area contributed by atoms with Gasteiger partial charge in [0.05, 0.1) is 18.6 Å². The SMILES string of the molecule is CC(C)(C)c1cc(CCCOCC(COCCCc2cc(C(C)(C)C)c(O)c(C(C)(C)C)c2)(COC(=O)CCc2cc(C(C)(C)C)c(O)c(C(C)(C)C)c2)COC(=O)CCc2cc(C(C)(C)C)c(O)c(C(C)(C)C)c2)cc(C(C)(C)C)c1O. The molecule has 0 aromatic heterocycles. The Morgan fingerprint density at radius 3 is 0.699 bits per heavy atom. The van der Waals surface area contributed by atoms with Gasteiger partial charge in [0.2, 0.25) is 0 Å². The van der Waals surface area contributed by atoms with Crippen molar-refractivity contribution in [2.45, 2.75) is 261 Å². The summed E-state index contributed by atoms with van der Waals surface area (Å²) in [6, 6.07) is 16.4. The van der Waals surface area contributed by atoms with Crippen molar-refractivity contribution >= 4 is 11.9 Å². The highest BCUT2D eigenvalue weighted by Gasteiger charge is 2.37. The molecule has 0 bridgehead atoms. The fourth-order valence-corrected chi connectivity index (χ4v) is 10.6. The molecule has 0 amide bonds. The molecule has 4 aromatic carbocycles. The monoisotopic (exact) mass is 1150 g/mol. The molecule has 0 radical (unpaired) electrons. The van der Waals surface area contributed by atoms with Crippen molar-refractivity contribution in [3.05, 3.63) is 115 Å². The van der Waals surface area contributed by atoms with E-state index in [4.69, 9.17) is 18.9 Å². The van der Waals surface area contributed by atoms with Gasteiger partial charge < -0.3 is 39.4 Å². The van der Waals surface area contributed by atoms with E-state index in [0.717, 1.165) is 66.8 Å². The summed E-state index contributed by atoms with van der Waals surface area (Å²) in [7, 11) is 0. The molecule has 0 saturated carbocycles. The van der Waals surface area contributed by atoms with Gasteiger partial charge in [0.1, 0.15) is 36.2 Å². The molecule has 0 aliphatic heterocycles. The Kier molecular flexibility index (Phi) is 22.6. The van der Waals surface area contributed by atoms with Gasteiger partial charge in [-0.05, 0) is 149 Å². The molecule has 10 nitrogen and oxygen atoms in total. The van der Waals surface area contributed by atoms with E-state index < -0.39 is 17.4 Å². The lowest BCUT2D eigenvalue weighted by molar-refractivity contribution is -0.162. The summed E-state index contributed by atoms with van der Waals surface area (Å²) in [6.45, 7) is 50.7. The zero-order chi connectivity index (χ0) is 63.3. The molecule has 0 spiro atoms. The van der Waals surface area contributed by atoms with Crippen molar-refractivity contribution in [1.82, 2.24) is 0 Å². The minimum atomic E-state index is -1.10. The van der Waals surface area contributed by atoms with Gasteiger partial charge in [0.25, 0.3) is 0 Å². The highest BCUT2D eigenvalue weighted by molar-refractivity contribution is 5.71. The van der Waals surface area contributed by atoms with Gasteiger partial charge in [-0.2, -0.15) is 0 Å². The highest BCUT2D eigenvalue weighted by atomic mass is 16.6. The Labute approximate surface area is 502 Å². The number of rotatable bonds is 22. The number of phenolic OH excluding ortho intramolecular Hbond substituents is 4. The maximum Gasteiger partial charge on any atom is 0.306 e. The summed E-state index contributed by atoms with van der Waals surface area (Å²) < 4.78 is 25.7. The van der Waals surface area contributed by atoms with Crippen LogP contribution in [0.2, 0.25) is 0 Å². The van der Waals surface area contributed by atoms with Crippen LogP contribution in [0.1, 0.15) is 259 Å². The van der Waals surface area contributed by atoms with E-state index >= 15 is 0 Å². The predicted molar refractivity (Wildman–Crippen MR) is 341 cm³/mol. The quantitative estimate of drug-likeness (QED) is 0.0442. The number of carbonyl (C=O) groups is 2. The Balaban J connectivity index is 1.71. The van der Waals surface area contributed by atoms with Crippen LogP contribution in [0.5, 0.6) is 23.0 Å². The second kappa shape index (κ2) is 26.7. The fraction of sp³-hybridized carbons (Fsp3) is 0.644. The van der Waals surface area contributed by atoms with Gasteiger partial charge in [-0.25, -0.2) is 0 Å². The summed E-state index contributed by atoms with van der Waals surface area (Å²) >= 11 is 0. The average Bonchev–Trinajstić information content (AvgIpc) is 2.68. The van der Waals surface area contributed by atoms with Gasteiger partial charge in [-0.1, -0.05) is 215 Å². The Morgan fingerprint density at radius 2 is 0.506 bits per heavy atom. The molecule has 0 fully saturated rings. The minimum absolute atomic E-state index is 0.0646. The van der Waals surface area contributed by atoms with E-state index in [-0.39, 0.29) is 94.1 Å². The lowest BCUT2D eigenvalue weighted by atomic mass is 9.78. The van der Waals surface area contributed by atoms with Gasteiger partial charge in [-0.3, -0.25) is 9.59 Å². The van der Waals surface area contributed by atoms with Crippen molar-refractivity contribution in [3.63, 3.8) is 0 Å². The Morgan fingerprint density at radius 1 is 0.313 bits per heavy atom. The molecular weight excluding hydrogens is 1040 g/mol. The lowest BCUT2D eigenvalue weighted by Gasteiger charge is -2.32. The molecule has 4 N–H and O–H groups in total. The van der Waals surface area contributed by atoms with Gasteiger partial charge >= 0.3 is 11.9 Å². The summed E-state index contributed by atoms with van der Waals surface area (Å²) in [4.78, 5) is 28.2. The average molecular weight is 1150 g/mol. The maximum atomic E-state index is 14.1. The molecule has 83 heavy (non-hydrogen) atoms. The third-order valence-corrected chi connectivity index (χ3v) is 15.8. The van der Waals surface area contributed by atoms with Gasteiger partial charge in [0.15, 0.2) is 0 Å². The molecule has 0 heterocycles. The van der Waals surface area contributed by atoms with E-state index in [1.807, 2.05) is 24.3 Å². The van der Waals surface area contributed by atoms with E-state index in [1.54, 1.807) is 0 Å². The molecule has 0 unspecified atom stereocenters. The van der Waals surface area contributed by atoms with Crippen LogP contribution in [0.15, 0.2) is 48.5 Å². The molecule has 4 aromatic rings. The number of carbonyl (C=O) groups excluding carboxylic acids is 2. The number of benzene rings is 4. The number of hydrogen-bond acceptors (Lipinski definition) is 10. The number of aromatic hydroxyl groups is 4. The van der Waals surface area contributed by atoms with Gasteiger partial charge in [0, 0.05) is 26.1 Å². The summed E-state index contributed by atoms with van der Waals surface area (Å²) in [6.07, 6.45) is 3.65. The molecule has 464 valence electrons. The van der Waals surface area contributed by atoms with Crippen LogP contribution in [0.3, 0.4) is 0 Å². The maximum absolute atomic E-state index is 14.1. The minimum Gasteiger partial charge on any atom is -0.507 e. The standard InChI is InChI=1S/C73H112O10/c1-65(2,3)51-35-47(36-52(61(51)76)66(4,5)6)27-25-33-80-43-73(44-81-34-26-28-48-37-53(67(7,8)9)62(77)54(38-48)68(10,11)12,45-82-59(74)31-29-49-39-55(69(13,14)15)63(78)56(40-49)70(16,17)18)46-83-60(75)32-30-50-41-57(71(19,20)21)64(79)58(42-50)72(22,23)24/h35-42,76-79H,25-34,43-46H2,1-24H3. The second-order valence-corrected chi connectivity index (χ2v) is 32.3.